The zero-order chi connectivity index (χ0) is 12.1. The maximum atomic E-state index is 12.1. The highest BCUT2D eigenvalue weighted by Gasteiger charge is 2.35. The Morgan fingerprint density at radius 1 is 1.41 bits per heavy atom. The summed E-state index contributed by atoms with van der Waals surface area (Å²) in [4.78, 5) is 12.1. The van der Waals surface area contributed by atoms with Gasteiger partial charge in [-0.2, -0.15) is 0 Å². The Kier molecular flexibility index (Phi) is 4.36. The standard InChI is InChI=1S/C12H22N2O3/c15-9-12(4-7-17-8-5-12)14-11(16)10-3-1-2-6-13-10/h10,13,15H,1-9H2,(H,14,16). The Morgan fingerprint density at radius 2 is 2.18 bits per heavy atom. The number of hydrogen-bond acceptors (Lipinski definition) is 4. The van der Waals surface area contributed by atoms with Crippen molar-refractivity contribution < 1.29 is 14.6 Å². The molecule has 2 fully saturated rings. The van der Waals surface area contributed by atoms with E-state index in [0.29, 0.717) is 26.1 Å². The van der Waals surface area contributed by atoms with Gasteiger partial charge in [0.1, 0.15) is 0 Å². The Balaban J connectivity index is 1.90. The molecule has 0 aromatic rings. The van der Waals surface area contributed by atoms with Gasteiger partial charge in [0.25, 0.3) is 0 Å². The number of rotatable bonds is 3. The highest BCUT2D eigenvalue weighted by atomic mass is 16.5. The molecule has 2 saturated heterocycles. The molecule has 98 valence electrons. The second kappa shape index (κ2) is 5.80. The van der Waals surface area contributed by atoms with Crippen molar-refractivity contribution in [3.8, 4) is 0 Å². The van der Waals surface area contributed by atoms with Gasteiger partial charge in [-0.3, -0.25) is 4.79 Å². The number of aliphatic hydroxyl groups is 1. The van der Waals surface area contributed by atoms with Crippen LogP contribution in [0.25, 0.3) is 0 Å². The molecule has 2 aliphatic heterocycles. The quantitative estimate of drug-likeness (QED) is 0.640. The van der Waals surface area contributed by atoms with Gasteiger partial charge in [0, 0.05) is 13.2 Å². The Bertz CT molecular complexity index is 258. The molecule has 2 aliphatic rings. The number of ether oxygens (including phenoxy) is 1. The first-order chi connectivity index (χ1) is 8.26. The van der Waals surface area contributed by atoms with Crippen molar-refractivity contribution in [3.63, 3.8) is 0 Å². The molecule has 0 saturated carbocycles. The molecule has 0 aromatic heterocycles. The van der Waals surface area contributed by atoms with Gasteiger partial charge in [-0.1, -0.05) is 6.42 Å². The average molecular weight is 242 g/mol. The summed E-state index contributed by atoms with van der Waals surface area (Å²) in [6, 6.07) is -0.0879. The van der Waals surface area contributed by atoms with E-state index in [-0.39, 0.29) is 18.6 Å². The zero-order valence-electron chi connectivity index (χ0n) is 10.2. The number of amides is 1. The lowest BCUT2D eigenvalue weighted by Gasteiger charge is -2.38. The van der Waals surface area contributed by atoms with E-state index in [1.807, 2.05) is 0 Å². The molecule has 1 unspecified atom stereocenters. The van der Waals surface area contributed by atoms with Crippen molar-refractivity contribution in [1.29, 1.82) is 0 Å². The van der Waals surface area contributed by atoms with E-state index < -0.39 is 5.54 Å². The molecule has 0 bridgehead atoms. The van der Waals surface area contributed by atoms with Gasteiger partial charge >= 0.3 is 0 Å². The molecule has 17 heavy (non-hydrogen) atoms. The lowest BCUT2D eigenvalue weighted by atomic mass is 9.90. The van der Waals surface area contributed by atoms with Crippen molar-refractivity contribution in [2.45, 2.75) is 43.7 Å². The Morgan fingerprint density at radius 3 is 2.76 bits per heavy atom. The van der Waals surface area contributed by atoms with Crippen molar-refractivity contribution >= 4 is 5.91 Å². The predicted molar refractivity (Wildman–Crippen MR) is 63.7 cm³/mol. The van der Waals surface area contributed by atoms with E-state index in [0.717, 1.165) is 25.8 Å². The van der Waals surface area contributed by atoms with Gasteiger partial charge in [0.15, 0.2) is 0 Å². The van der Waals surface area contributed by atoms with Crippen molar-refractivity contribution in [3.05, 3.63) is 0 Å². The molecule has 1 atom stereocenters. The van der Waals surface area contributed by atoms with Crippen LogP contribution in [0.15, 0.2) is 0 Å². The third kappa shape index (κ3) is 3.18. The van der Waals surface area contributed by atoms with Crippen molar-refractivity contribution in [2.75, 3.05) is 26.4 Å². The summed E-state index contributed by atoms with van der Waals surface area (Å²) in [5.41, 5.74) is -0.464. The van der Waals surface area contributed by atoms with Crippen LogP contribution in [0.2, 0.25) is 0 Å². The minimum absolute atomic E-state index is 0.00514. The maximum Gasteiger partial charge on any atom is 0.237 e. The van der Waals surface area contributed by atoms with E-state index in [2.05, 4.69) is 10.6 Å². The number of carbonyl (C=O) groups excluding carboxylic acids is 1. The first-order valence-corrected chi connectivity index (χ1v) is 6.50. The lowest BCUT2D eigenvalue weighted by molar-refractivity contribution is -0.127. The molecular weight excluding hydrogens is 220 g/mol. The van der Waals surface area contributed by atoms with Gasteiger partial charge in [-0.05, 0) is 32.2 Å². The number of aliphatic hydroxyl groups excluding tert-OH is 1. The van der Waals surface area contributed by atoms with Crippen molar-refractivity contribution in [1.82, 2.24) is 10.6 Å². The second-order valence-electron chi connectivity index (χ2n) is 5.04. The molecule has 0 aliphatic carbocycles. The molecule has 0 spiro atoms. The average Bonchev–Trinajstić information content (AvgIpc) is 2.41. The maximum absolute atomic E-state index is 12.1. The SMILES string of the molecule is O=C(NC1(CO)CCOCC1)C1CCCCN1. The fourth-order valence-corrected chi connectivity index (χ4v) is 2.51. The summed E-state index contributed by atoms with van der Waals surface area (Å²) in [6.45, 7) is 2.13. The van der Waals surface area contributed by atoms with E-state index >= 15 is 0 Å². The van der Waals surface area contributed by atoms with Crippen LogP contribution in [-0.4, -0.2) is 49.0 Å². The third-order valence-electron chi connectivity index (χ3n) is 3.77. The first-order valence-electron chi connectivity index (χ1n) is 6.50. The minimum Gasteiger partial charge on any atom is -0.394 e. The molecule has 5 heteroatoms. The Hall–Kier alpha value is -0.650. The number of piperidine rings is 1. The fourth-order valence-electron chi connectivity index (χ4n) is 2.51. The largest absolute Gasteiger partial charge is 0.394 e. The minimum atomic E-state index is -0.464. The van der Waals surface area contributed by atoms with Crippen LogP contribution >= 0.6 is 0 Å². The van der Waals surface area contributed by atoms with Gasteiger partial charge in [0.2, 0.25) is 5.91 Å². The van der Waals surface area contributed by atoms with Gasteiger partial charge in [-0.25, -0.2) is 0 Å². The van der Waals surface area contributed by atoms with Gasteiger partial charge in [-0.15, -0.1) is 0 Å². The zero-order valence-corrected chi connectivity index (χ0v) is 10.2. The lowest BCUT2D eigenvalue weighted by Crippen LogP contribution is -2.59. The molecular formula is C12H22N2O3. The van der Waals surface area contributed by atoms with E-state index in [9.17, 15) is 9.90 Å². The normalized spacial score (nSPS) is 28.6. The highest BCUT2D eigenvalue weighted by molar-refractivity contribution is 5.82. The van der Waals surface area contributed by atoms with Gasteiger partial charge < -0.3 is 20.5 Å². The van der Waals surface area contributed by atoms with E-state index in [4.69, 9.17) is 4.74 Å². The third-order valence-corrected chi connectivity index (χ3v) is 3.77. The molecule has 0 aromatic carbocycles. The fraction of sp³-hybridized carbons (Fsp3) is 0.917. The molecule has 0 radical (unpaired) electrons. The summed E-state index contributed by atoms with van der Waals surface area (Å²) in [5, 5.41) is 15.7. The van der Waals surface area contributed by atoms with E-state index in [1.165, 1.54) is 0 Å². The summed E-state index contributed by atoms with van der Waals surface area (Å²) < 4.78 is 5.28. The van der Waals surface area contributed by atoms with Crippen molar-refractivity contribution in [2.24, 2.45) is 0 Å². The highest BCUT2D eigenvalue weighted by Crippen LogP contribution is 2.20. The van der Waals surface area contributed by atoms with E-state index in [1.54, 1.807) is 0 Å². The van der Waals surface area contributed by atoms with Crippen LogP contribution in [0, 0.1) is 0 Å². The van der Waals surface area contributed by atoms with Crippen LogP contribution in [-0.2, 0) is 9.53 Å². The monoisotopic (exact) mass is 242 g/mol. The second-order valence-corrected chi connectivity index (χ2v) is 5.04. The summed E-state index contributed by atoms with van der Waals surface area (Å²) >= 11 is 0. The van der Waals surface area contributed by atoms with Gasteiger partial charge in [0.05, 0.1) is 18.2 Å². The molecule has 1 amide bonds. The summed E-state index contributed by atoms with van der Waals surface area (Å²) in [7, 11) is 0. The summed E-state index contributed by atoms with van der Waals surface area (Å²) in [5.74, 6) is 0.0284. The molecule has 3 N–H and O–H groups in total. The smallest absolute Gasteiger partial charge is 0.237 e. The topological polar surface area (TPSA) is 70.6 Å². The number of nitrogens with one attached hydrogen (secondary N) is 2. The Labute approximate surface area is 102 Å². The molecule has 2 heterocycles. The first kappa shape index (κ1) is 12.8. The molecule has 5 nitrogen and oxygen atoms in total. The number of hydrogen-bond donors (Lipinski definition) is 3. The van der Waals surface area contributed by atoms with Crippen LogP contribution in [0.5, 0.6) is 0 Å². The molecule has 2 rings (SSSR count). The van der Waals surface area contributed by atoms with Crippen LogP contribution in [0.4, 0.5) is 0 Å². The van der Waals surface area contributed by atoms with Crippen LogP contribution in [0.1, 0.15) is 32.1 Å². The number of carbonyl (C=O) groups is 1. The predicted octanol–water partition coefficient (Wildman–Crippen LogP) is -0.214. The van der Waals surface area contributed by atoms with Crippen LogP contribution in [0.3, 0.4) is 0 Å². The van der Waals surface area contributed by atoms with Crippen LogP contribution < -0.4 is 10.6 Å². The summed E-state index contributed by atoms with van der Waals surface area (Å²) in [6.07, 6.45) is 4.52.